The molecule has 1 aliphatic carbocycles. The van der Waals surface area contributed by atoms with Crippen LogP contribution in [0.4, 0.5) is 0 Å². The molecule has 0 saturated carbocycles. The summed E-state index contributed by atoms with van der Waals surface area (Å²) < 4.78 is 8.72. The van der Waals surface area contributed by atoms with Gasteiger partial charge in [-0.1, -0.05) is 117 Å². The van der Waals surface area contributed by atoms with Gasteiger partial charge in [0, 0.05) is 32.5 Å². The Labute approximate surface area is 272 Å². The average molecular weight is 603 g/mol. The first-order valence-corrected chi connectivity index (χ1v) is 16.2. The number of benzene rings is 6. The van der Waals surface area contributed by atoms with Gasteiger partial charge in [0.1, 0.15) is 17.0 Å². The summed E-state index contributed by atoms with van der Waals surface area (Å²) in [5.74, 6) is 0.910. The molecule has 10 rings (SSSR count). The summed E-state index contributed by atoms with van der Waals surface area (Å²) in [7, 11) is 0. The van der Waals surface area contributed by atoms with Crippen molar-refractivity contribution in [3.05, 3.63) is 157 Å². The van der Waals surface area contributed by atoms with Crippen LogP contribution >= 0.6 is 0 Å². The Morgan fingerprint density at radius 2 is 1.23 bits per heavy atom. The molecule has 47 heavy (non-hydrogen) atoms. The van der Waals surface area contributed by atoms with Gasteiger partial charge in [0.05, 0.1) is 16.7 Å². The van der Waals surface area contributed by atoms with Gasteiger partial charge in [0.2, 0.25) is 0 Å². The van der Waals surface area contributed by atoms with Crippen LogP contribution in [0.15, 0.2) is 150 Å². The minimum absolute atomic E-state index is 0.235. The number of pyridine rings is 1. The number of furan rings is 1. The fraction of sp³-hybridized carbons (Fsp3) is 0.0682. The van der Waals surface area contributed by atoms with Crippen molar-refractivity contribution in [2.75, 3.05) is 0 Å². The molecule has 9 aromatic rings. The first kappa shape index (κ1) is 26.3. The number of hydrogen-bond donors (Lipinski definition) is 0. The molecule has 0 radical (unpaired) electrons. The SMILES string of the molecule is CC1(C)c2cc3c(cc2-c2ccc4oc5ccccc5c4c21)c1ccccc1n3-c1cc(-c2ccccc2)cc(-c2ccccc2)n1. The number of para-hydroxylation sites is 2. The summed E-state index contributed by atoms with van der Waals surface area (Å²) in [6.07, 6.45) is 0. The molecule has 0 saturated heterocycles. The lowest BCUT2D eigenvalue weighted by Gasteiger charge is -2.22. The number of aromatic nitrogens is 2. The van der Waals surface area contributed by atoms with Gasteiger partial charge >= 0.3 is 0 Å². The maximum Gasteiger partial charge on any atom is 0.138 e. The highest BCUT2D eigenvalue weighted by atomic mass is 16.3. The normalized spacial score (nSPS) is 13.5. The van der Waals surface area contributed by atoms with Crippen molar-refractivity contribution in [2.24, 2.45) is 0 Å². The molecule has 3 heteroatoms. The second-order valence-electron chi connectivity index (χ2n) is 13.2. The second-order valence-corrected chi connectivity index (χ2v) is 13.2. The molecule has 1 aliphatic rings. The van der Waals surface area contributed by atoms with Gasteiger partial charge in [-0.25, -0.2) is 4.98 Å². The minimum atomic E-state index is -0.235. The number of nitrogens with zero attached hydrogens (tertiary/aromatic N) is 2. The quantitative estimate of drug-likeness (QED) is 0.201. The van der Waals surface area contributed by atoms with Gasteiger partial charge < -0.3 is 4.42 Å². The highest BCUT2D eigenvalue weighted by Gasteiger charge is 2.39. The smallest absolute Gasteiger partial charge is 0.138 e. The van der Waals surface area contributed by atoms with E-state index in [-0.39, 0.29) is 5.41 Å². The van der Waals surface area contributed by atoms with Gasteiger partial charge in [0.15, 0.2) is 0 Å². The highest BCUT2D eigenvalue weighted by molar-refractivity contribution is 6.14. The Morgan fingerprint density at radius 3 is 2.04 bits per heavy atom. The van der Waals surface area contributed by atoms with Gasteiger partial charge in [0.25, 0.3) is 0 Å². The predicted molar refractivity (Wildman–Crippen MR) is 194 cm³/mol. The van der Waals surface area contributed by atoms with Crippen LogP contribution < -0.4 is 0 Å². The van der Waals surface area contributed by atoms with E-state index in [9.17, 15) is 0 Å². The standard InChI is InChI=1S/C44H30N2O/c1-44(2)35-26-38-34(25-33(35)31-21-22-40-42(43(31)44)32-18-10-12-20-39(32)47-40)30-17-9-11-19-37(30)46(38)41-24-29(27-13-5-3-6-14-27)23-36(45-41)28-15-7-4-8-16-28/h3-26H,1-2H3. The molecule has 0 amide bonds. The van der Waals surface area contributed by atoms with Crippen LogP contribution in [0.2, 0.25) is 0 Å². The Bertz CT molecular complexity index is 2640. The van der Waals surface area contributed by atoms with Crippen LogP contribution in [0.3, 0.4) is 0 Å². The summed E-state index contributed by atoms with van der Waals surface area (Å²) in [6, 6.07) is 52.0. The highest BCUT2D eigenvalue weighted by Crippen LogP contribution is 2.54. The Morgan fingerprint density at radius 1 is 0.532 bits per heavy atom. The van der Waals surface area contributed by atoms with E-state index in [4.69, 9.17) is 9.40 Å². The van der Waals surface area contributed by atoms with E-state index in [0.29, 0.717) is 0 Å². The molecule has 0 N–H and O–H groups in total. The van der Waals surface area contributed by atoms with E-state index in [1.165, 1.54) is 49.4 Å². The molecule has 3 nitrogen and oxygen atoms in total. The Hall–Kier alpha value is -5.93. The van der Waals surface area contributed by atoms with E-state index in [0.717, 1.165) is 44.8 Å². The minimum Gasteiger partial charge on any atom is -0.456 e. The molecular formula is C44H30N2O. The van der Waals surface area contributed by atoms with Crippen LogP contribution in [0.25, 0.3) is 83.1 Å². The summed E-state index contributed by atoms with van der Waals surface area (Å²) >= 11 is 0. The van der Waals surface area contributed by atoms with E-state index in [2.05, 4.69) is 158 Å². The van der Waals surface area contributed by atoms with Gasteiger partial charge in [-0.05, 0) is 75.8 Å². The topological polar surface area (TPSA) is 31.0 Å². The van der Waals surface area contributed by atoms with Crippen LogP contribution in [-0.2, 0) is 5.41 Å². The molecule has 6 aromatic carbocycles. The number of fused-ring (bicyclic) bond motifs is 10. The van der Waals surface area contributed by atoms with Crippen molar-refractivity contribution >= 4 is 43.7 Å². The molecule has 0 bridgehead atoms. The molecule has 0 atom stereocenters. The summed E-state index contributed by atoms with van der Waals surface area (Å²) in [5.41, 5.74) is 13.6. The fourth-order valence-corrected chi connectivity index (χ4v) is 8.01. The predicted octanol–water partition coefficient (Wildman–Crippen LogP) is 11.7. The lowest BCUT2D eigenvalue weighted by molar-refractivity contribution is 0.657. The third-order valence-electron chi connectivity index (χ3n) is 10.2. The van der Waals surface area contributed by atoms with Crippen molar-refractivity contribution in [2.45, 2.75) is 19.3 Å². The van der Waals surface area contributed by atoms with Crippen molar-refractivity contribution in [3.63, 3.8) is 0 Å². The maximum atomic E-state index is 6.35. The number of hydrogen-bond acceptors (Lipinski definition) is 2. The zero-order valence-electron chi connectivity index (χ0n) is 26.2. The molecule has 3 heterocycles. The van der Waals surface area contributed by atoms with E-state index in [1.807, 2.05) is 6.07 Å². The van der Waals surface area contributed by atoms with Crippen molar-refractivity contribution in [1.29, 1.82) is 0 Å². The van der Waals surface area contributed by atoms with Gasteiger partial charge in [-0.2, -0.15) is 0 Å². The van der Waals surface area contributed by atoms with Crippen molar-refractivity contribution in [1.82, 2.24) is 9.55 Å². The molecule has 3 aromatic heterocycles. The van der Waals surface area contributed by atoms with Crippen LogP contribution in [0.5, 0.6) is 0 Å². The zero-order chi connectivity index (χ0) is 31.3. The maximum absolute atomic E-state index is 6.35. The molecular weight excluding hydrogens is 572 g/mol. The Kier molecular flexibility index (Phi) is 5.34. The lowest BCUT2D eigenvalue weighted by Crippen LogP contribution is -2.15. The largest absolute Gasteiger partial charge is 0.456 e. The monoisotopic (exact) mass is 602 g/mol. The zero-order valence-corrected chi connectivity index (χ0v) is 26.2. The molecule has 222 valence electrons. The van der Waals surface area contributed by atoms with Gasteiger partial charge in [-0.3, -0.25) is 4.57 Å². The third kappa shape index (κ3) is 3.71. The third-order valence-corrected chi connectivity index (χ3v) is 10.2. The van der Waals surface area contributed by atoms with Crippen molar-refractivity contribution in [3.8, 4) is 39.3 Å². The molecule has 0 unspecified atom stereocenters. The summed E-state index contributed by atoms with van der Waals surface area (Å²) in [5, 5.41) is 4.85. The molecule has 0 fully saturated rings. The first-order valence-electron chi connectivity index (χ1n) is 16.2. The second kappa shape index (κ2) is 9.54. The lowest BCUT2D eigenvalue weighted by atomic mass is 9.80. The van der Waals surface area contributed by atoms with E-state index >= 15 is 0 Å². The van der Waals surface area contributed by atoms with Crippen LogP contribution in [0.1, 0.15) is 25.0 Å². The first-order chi connectivity index (χ1) is 23.1. The van der Waals surface area contributed by atoms with Crippen LogP contribution in [-0.4, -0.2) is 9.55 Å². The summed E-state index contributed by atoms with van der Waals surface area (Å²) in [4.78, 5) is 5.36. The molecule has 0 aliphatic heterocycles. The van der Waals surface area contributed by atoms with Crippen molar-refractivity contribution < 1.29 is 4.42 Å². The van der Waals surface area contributed by atoms with E-state index in [1.54, 1.807) is 0 Å². The van der Waals surface area contributed by atoms with E-state index < -0.39 is 0 Å². The Balaban J connectivity index is 1.28. The van der Waals surface area contributed by atoms with Gasteiger partial charge in [-0.15, -0.1) is 0 Å². The summed E-state index contributed by atoms with van der Waals surface area (Å²) in [6.45, 7) is 4.72. The molecule has 0 spiro atoms. The average Bonchev–Trinajstić information content (AvgIpc) is 3.73. The van der Waals surface area contributed by atoms with Crippen LogP contribution in [0, 0.1) is 0 Å². The fourth-order valence-electron chi connectivity index (χ4n) is 8.01. The number of rotatable bonds is 3.